The van der Waals surface area contributed by atoms with Gasteiger partial charge in [0.05, 0.1) is 26.2 Å². The molecule has 0 saturated heterocycles. The molecule has 0 aliphatic heterocycles. The van der Waals surface area contributed by atoms with Crippen molar-refractivity contribution in [3.8, 4) is 0 Å². The highest BCUT2D eigenvalue weighted by atomic mass is 16.5. The molecule has 0 radical (unpaired) electrons. The van der Waals surface area contributed by atoms with Crippen molar-refractivity contribution in [3.05, 3.63) is 5.82 Å². The molecular weight excluding hydrogens is 202 g/mol. The van der Waals surface area contributed by atoms with E-state index in [2.05, 4.69) is 25.9 Å². The number of nitrogens with zero attached hydrogens (tertiary/aromatic N) is 3. The molecule has 0 saturated carbocycles. The summed E-state index contributed by atoms with van der Waals surface area (Å²) >= 11 is 0. The van der Waals surface area contributed by atoms with Crippen LogP contribution in [0.1, 0.15) is 5.82 Å². The third kappa shape index (κ3) is 5.03. The molecule has 0 unspecified atom stereocenters. The molecule has 0 aliphatic carbocycles. The highest BCUT2D eigenvalue weighted by Gasteiger charge is 2.05. The molecule has 1 aromatic heterocycles. The van der Waals surface area contributed by atoms with Crippen LogP contribution < -0.4 is 5.32 Å². The largest absolute Gasteiger partial charge is 0.394 e. The van der Waals surface area contributed by atoms with Gasteiger partial charge in [-0.05, 0) is 0 Å². The normalized spacial score (nSPS) is 10.2. The summed E-state index contributed by atoms with van der Waals surface area (Å²) in [5, 5.41) is 23.9. The van der Waals surface area contributed by atoms with Gasteiger partial charge in [-0.3, -0.25) is 4.79 Å². The van der Waals surface area contributed by atoms with Crippen molar-refractivity contribution in [2.75, 3.05) is 26.4 Å². The van der Waals surface area contributed by atoms with Crippen molar-refractivity contribution in [3.63, 3.8) is 0 Å². The molecule has 15 heavy (non-hydrogen) atoms. The number of aromatic nitrogens is 4. The fourth-order valence-corrected chi connectivity index (χ4v) is 0.893. The number of rotatable bonds is 7. The van der Waals surface area contributed by atoms with E-state index in [-0.39, 0.29) is 25.5 Å². The van der Waals surface area contributed by atoms with Gasteiger partial charge in [0.1, 0.15) is 0 Å². The number of aliphatic hydroxyl groups is 1. The third-order valence-electron chi connectivity index (χ3n) is 1.51. The van der Waals surface area contributed by atoms with E-state index in [0.717, 1.165) is 0 Å². The summed E-state index contributed by atoms with van der Waals surface area (Å²) in [4.78, 5) is 11.2. The molecule has 1 heterocycles. The van der Waals surface area contributed by atoms with Gasteiger partial charge in [-0.1, -0.05) is 5.21 Å². The van der Waals surface area contributed by atoms with Crippen molar-refractivity contribution in [2.45, 2.75) is 6.42 Å². The van der Waals surface area contributed by atoms with E-state index in [4.69, 9.17) is 9.84 Å². The van der Waals surface area contributed by atoms with Crippen molar-refractivity contribution in [1.29, 1.82) is 0 Å². The van der Waals surface area contributed by atoms with Crippen LogP contribution in [0, 0.1) is 0 Å². The molecule has 0 atom stereocenters. The lowest BCUT2D eigenvalue weighted by Crippen LogP contribution is -2.29. The molecule has 1 aromatic rings. The first-order valence-corrected chi connectivity index (χ1v) is 4.50. The zero-order valence-electron chi connectivity index (χ0n) is 8.14. The zero-order valence-corrected chi connectivity index (χ0v) is 8.14. The fourth-order valence-electron chi connectivity index (χ4n) is 0.893. The van der Waals surface area contributed by atoms with Crippen LogP contribution in [0.25, 0.3) is 0 Å². The molecule has 0 aliphatic rings. The lowest BCUT2D eigenvalue weighted by molar-refractivity contribution is -0.120. The Balaban J connectivity index is 2.04. The second kappa shape index (κ2) is 6.85. The molecule has 0 bridgehead atoms. The van der Waals surface area contributed by atoms with Crippen LogP contribution >= 0.6 is 0 Å². The van der Waals surface area contributed by atoms with Gasteiger partial charge in [-0.25, -0.2) is 0 Å². The van der Waals surface area contributed by atoms with Crippen LogP contribution in [0.5, 0.6) is 0 Å². The van der Waals surface area contributed by atoms with Crippen molar-refractivity contribution in [2.24, 2.45) is 0 Å². The van der Waals surface area contributed by atoms with E-state index in [1.807, 2.05) is 0 Å². The first kappa shape index (κ1) is 11.5. The predicted octanol–water partition coefficient (Wildman–Crippen LogP) is -2.13. The minimum absolute atomic E-state index is 0.0171. The van der Waals surface area contributed by atoms with Gasteiger partial charge < -0.3 is 15.2 Å². The van der Waals surface area contributed by atoms with E-state index >= 15 is 0 Å². The summed E-state index contributed by atoms with van der Waals surface area (Å²) in [7, 11) is 0. The van der Waals surface area contributed by atoms with E-state index in [1.165, 1.54) is 0 Å². The zero-order chi connectivity index (χ0) is 10.9. The van der Waals surface area contributed by atoms with Gasteiger partial charge in [0.25, 0.3) is 0 Å². The molecule has 3 N–H and O–H groups in total. The van der Waals surface area contributed by atoms with Crippen LogP contribution in [-0.4, -0.2) is 58.0 Å². The lowest BCUT2D eigenvalue weighted by Gasteiger charge is -2.03. The molecule has 0 aromatic carbocycles. The number of carbonyl (C=O) groups is 1. The van der Waals surface area contributed by atoms with Gasteiger partial charge in [0.2, 0.25) is 5.91 Å². The maximum Gasteiger partial charge on any atom is 0.227 e. The Morgan fingerprint density at radius 3 is 3.07 bits per heavy atom. The predicted molar refractivity (Wildman–Crippen MR) is 48.8 cm³/mol. The number of aliphatic hydroxyl groups excluding tert-OH is 1. The Kier molecular flexibility index (Phi) is 5.26. The van der Waals surface area contributed by atoms with Crippen LogP contribution in [0.2, 0.25) is 0 Å². The maximum absolute atomic E-state index is 11.2. The van der Waals surface area contributed by atoms with Crippen molar-refractivity contribution in [1.82, 2.24) is 25.9 Å². The first-order chi connectivity index (χ1) is 7.33. The molecule has 0 fully saturated rings. The highest BCUT2D eigenvalue weighted by molar-refractivity contribution is 5.77. The molecule has 0 spiro atoms. The summed E-state index contributed by atoms with van der Waals surface area (Å²) in [5.74, 6) is 0.160. The molecule has 8 heteroatoms. The smallest absolute Gasteiger partial charge is 0.227 e. The molecule has 1 rings (SSSR count). The average Bonchev–Trinajstić information content (AvgIpc) is 2.70. The first-order valence-electron chi connectivity index (χ1n) is 4.50. The van der Waals surface area contributed by atoms with Crippen LogP contribution in [0.4, 0.5) is 0 Å². The molecule has 1 amide bonds. The van der Waals surface area contributed by atoms with Gasteiger partial charge in [-0.15, -0.1) is 10.2 Å². The van der Waals surface area contributed by atoms with E-state index < -0.39 is 0 Å². The number of tetrazole rings is 1. The number of nitrogens with one attached hydrogen (secondary N) is 2. The van der Waals surface area contributed by atoms with Gasteiger partial charge in [0.15, 0.2) is 5.82 Å². The standard InChI is InChI=1S/C7H13N5O3/c13-2-4-15-3-1-8-7(14)5-6-9-11-12-10-6/h13H,1-5H2,(H,8,14)(H,9,10,11,12). The fraction of sp³-hybridized carbons (Fsp3) is 0.714. The van der Waals surface area contributed by atoms with Crippen molar-refractivity contribution >= 4 is 5.91 Å². The maximum atomic E-state index is 11.2. The van der Waals surface area contributed by atoms with E-state index in [1.54, 1.807) is 0 Å². The molecule has 8 nitrogen and oxygen atoms in total. The Bertz CT molecular complexity index is 276. The second-order valence-corrected chi connectivity index (χ2v) is 2.69. The summed E-state index contributed by atoms with van der Waals surface area (Å²) in [6.45, 7) is 1.03. The number of carbonyl (C=O) groups excluding carboxylic acids is 1. The lowest BCUT2D eigenvalue weighted by atomic mass is 10.4. The van der Waals surface area contributed by atoms with Crippen LogP contribution in [-0.2, 0) is 16.0 Å². The van der Waals surface area contributed by atoms with Crippen LogP contribution in [0.3, 0.4) is 0 Å². The third-order valence-corrected chi connectivity index (χ3v) is 1.51. The number of ether oxygens (including phenoxy) is 1. The minimum atomic E-state index is -0.191. The topological polar surface area (TPSA) is 113 Å². The van der Waals surface area contributed by atoms with E-state index in [0.29, 0.717) is 19.0 Å². The van der Waals surface area contributed by atoms with Gasteiger partial charge >= 0.3 is 0 Å². The second-order valence-electron chi connectivity index (χ2n) is 2.69. The number of H-pyrrole nitrogens is 1. The highest BCUT2D eigenvalue weighted by Crippen LogP contribution is 1.84. The molecule has 84 valence electrons. The monoisotopic (exact) mass is 215 g/mol. The summed E-state index contributed by atoms with van der Waals surface area (Å²) in [6, 6.07) is 0. The van der Waals surface area contributed by atoms with Gasteiger partial charge in [-0.2, -0.15) is 5.21 Å². The number of hydrogen-bond acceptors (Lipinski definition) is 6. The number of hydrogen-bond donors (Lipinski definition) is 3. The quantitative estimate of drug-likeness (QED) is 0.448. The van der Waals surface area contributed by atoms with Crippen LogP contribution in [0.15, 0.2) is 0 Å². The average molecular weight is 215 g/mol. The summed E-state index contributed by atoms with van der Waals surface area (Å²) in [5.41, 5.74) is 0. The minimum Gasteiger partial charge on any atom is -0.394 e. The summed E-state index contributed by atoms with van der Waals surface area (Å²) < 4.78 is 4.95. The Morgan fingerprint density at radius 2 is 2.40 bits per heavy atom. The SMILES string of the molecule is O=C(Cc1nn[nH]n1)NCCOCCO. The van der Waals surface area contributed by atoms with E-state index in [9.17, 15) is 4.79 Å². The summed E-state index contributed by atoms with van der Waals surface area (Å²) in [6.07, 6.45) is 0.0937. The number of amides is 1. The Morgan fingerprint density at radius 1 is 1.53 bits per heavy atom. The molecular formula is C7H13N5O3. The Labute approximate surface area is 86.0 Å². The van der Waals surface area contributed by atoms with Crippen molar-refractivity contribution < 1.29 is 14.6 Å². The van der Waals surface area contributed by atoms with Gasteiger partial charge in [0, 0.05) is 6.54 Å². The number of aromatic amines is 1. The Hall–Kier alpha value is -1.54.